The first-order chi connectivity index (χ1) is 11.5. The molecule has 0 bridgehead atoms. The van der Waals surface area contributed by atoms with Crippen LogP contribution in [0, 0.1) is 0 Å². The highest BCUT2D eigenvalue weighted by Gasteiger charge is 2.13. The highest BCUT2D eigenvalue weighted by atomic mass is 35.5. The molecule has 24 heavy (non-hydrogen) atoms. The molecule has 0 aliphatic heterocycles. The van der Waals surface area contributed by atoms with Crippen molar-refractivity contribution in [2.24, 2.45) is 0 Å². The maximum absolute atomic E-state index is 12.2. The lowest BCUT2D eigenvalue weighted by Crippen LogP contribution is -2.28. The van der Waals surface area contributed by atoms with Crippen LogP contribution in [0.2, 0.25) is 10.0 Å². The van der Waals surface area contributed by atoms with Crippen molar-refractivity contribution >= 4 is 51.8 Å². The number of thiophene rings is 1. The van der Waals surface area contributed by atoms with Gasteiger partial charge in [0.25, 0.3) is 0 Å². The normalized spacial score (nSPS) is 12.1. The van der Waals surface area contributed by atoms with Crippen LogP contribution in [0.4, 0.5) is 0 Å². The number of aromatic nitrogens is 1. The molecule has 0 fully saturated rings. The van der Waals surface area contributed by atoms with Gasteiger partial charge in [0.15, 0.2) is 0 Å². The van der Waals surface area contributed by atoms with Crippen LogP contribution in [-0.2, 0) is 11.2 Å². The average Bonchev–Trinajstić information content (AvgIpc) is 3.20. The second-order valence-electron chi connectivity index (χ2n) is 5.30. The highest BCUT2D eigenvalue weighted by molar-refractivity contribution is 7.14. The number of amides is 1. The molecular formula is C17H14Cl2N2OS2. The van der Waals surface area contributed by atoms with E-state index in [0.29, 0.717) is 10.0 Å². The van der Waals surface area contributed by atoms with Crippen molar-refractivity contribution in [1.82, 2.24) is 10.3 Å². The van der Waals surface area contributed by atoms with E-state index in [-0.39, 0.29) is 18.4 Å². The quantitative estimate of drug-likeness (QED) is 0.609. The van der Waals surface area contributed by atoms with Gasteiger partial charge in [0, 0.05) is 16.3 Å². The molecule has 0 aliphatic carbocycles. The number of rotatable bonds is 5. The Bertz CT molecular complexity index is 846. The number of carbonyl (C=O) groups is 1. The van der Waals surface area contributed by atoms with Gasteiger partial charge in [0.05, 0.1) is 28.2 Å². The van der Waals surface area contributed by atoms with E-state index in [4.69, 9.17) is 23.2 Å². The van der Waals surface area contributed by atoms with Gasteiger partial charge >= 0.3 is 0 Å². The number of thiazole rings is 1. The van der Waals surface area contributed by atoms with Gasteiger partial charge in [-0.1, -0.05) is 29.3 Å². The van der Waals surface area contributed by atoms with Gasteiger partial charge in [0.1, 0.15) is 5.01 Å². The zero-order valence-electron chi connectivity index (χ0n) is 12.8. The van der Waals surface area contributed by atoms with Crippen molar-refractivity contribution < 1.29 is 4.79 Å². The summed E-state index contributed by atoms with van der Waals surface area (Å²) in [4.78, 5) is 16.8. The van der Waals surface area contributed by atoms with Gasteiger partial charge in [-0.15, -0.1) is 11.3 Å². The van der Waals surface area contributed by atoms with E-state index in [1.807, 2.05) is 29.8 Å². The molecule has 1 aromatic carbocycles. The maximum Gasteiger partial charge on any atom is 0.226 e. The zero-order valence-corrected chi connectivity index (χ0v) is 15.9. The van der Waals surface area contributed by atoms with E-state index in [1.165, 1.54) is 0 Å². The summed E-state index contributed by atoms with van der Waals surface area (Å²) in [5, 5.41) is 10.9. The Morgan fingerprint density at radius 1 is 1.25 bits per heavy atom. The summed E-state index contributed by atoms with van der Waals surface area (Å²) in [7, 11) is 0. The standard InChI is InChI=1S/C17H14Cl2N2OS2/c1-10(11-2-3-14(18)15(19)6-11)20-16(22)7-13-9-24-17(21-13)12-4-5-23-8-12/h2-6,8-10H,7H2,1H3,(H,20,22)/t10-/m0/s1. The third-order valence-electron chi connectivity index (χ3n) is 3.48. The molecule has 0 radical (unpaired) electrons. The molecule has 0 saturated carbocycles. The minimum absolute atomic E-state index is 0.0734. The minimum Gasteiger partial charge on any atom is -0.349 e. The number of nitrogens with zero attached hydrogens (tertiary/aromatic N) is 1. The van der Waals surface area contributed by atoms with E-state index in [2.05, 4.69) is 15.7 Å². The van der Waals surface area contributed by atoms with Gasteiger partial charge in [-0.2, -0.15) is 11.3 Å². The number of hydrogen-bond acceptors (Lipinski definition) is 4. The lowest BCUT2D eigenvalue weighted by molar-refractivity contribution is -0.121. The largest absolute Gasteiger partial charge is 0.349 e. The first-order valence-electron chi connectivity index (χ1n) is 7.24. The van der Waals surface area contributed by atoms with E-state index >= 15 is 0 Å². The SMILES string of the molecule is C[C@H](NC(=O)Cc1csc(-c2ccsc2)n1)c1ccc(Cl)c(Cl)c1. The molecule has 7 heteroatoms. The first-order valence-corrected chi connectivity index (χ1v) is 9.82. The van der Waals surface area contributed by atoms with Gasteiger partial charge < -0.3 is 5.32 Å². The molecule has 0 saturated heterocycles. The smallest absolute Gasteiger partial charge is 0.226 e. The Balaban J connectivity index is 1.62. The van der Waals surface area contributed by atoms with Crippen LogP contribution in [0.15, 0.2) is 40.4 Å². The van der Waals surface area contributed by atoms with E-state index in [1.54, 1.807) is 34.8 Å². The number of hydrogen-bond donors (Lipinski definition) is 1. The summed E-state index contributed by atoms with van der Waals surface area (Å²) in [5.41, 5.74) is 2.79. The fraction of sp³-hybridized carbons (Fsp3) is 0.176. The van der Waals surface area contributed by atoms with E-state index in [0.717, 1.165) is 21.8 Å². The summed E-state index contributed by atoms with van der Waals surface area (Å²) in [5.74, 6) is -0.0734. The Hall–Kier alpha value is -1.40. The Kier molecular flexibility index (Phi) is 5.56. The van der Waals surface area contributed by atoms with Crippen molar-refractivity contribution in [3.05, 3.63) is 61.7 Å². The van der Waals surface area contributed by atoms with Gasteiger partial charge in [0.2, 0.25) is 5.91 Å². The Morgan fingerprint density at radius 3 is 2.79 bits per heavy atom. The highest BCUT2D eigenvalue weighted by Crippen LogP contribution is 2.27. The molecule has 3 aromatic rings. The summed E-state index contributed by atoms with van der Waals surface area (Å²) in [6.07, 6.45) is 0.256. The maximum atomic E-state index is 12.2. The van der Waals surface area contributed by atoms with Crippen LogP contribution in [0.1, 0.15) is 24.2 Å². The molecule has 0 spiro atoms. The van der Waals surface area contributed by atoms with Crippen molar-refractivity contribution in [2.75, 3.05) is 0 Å². The fourth-order valence-corrected chi connectivity index (χ4v) is 4.07. The van der Waals surface area contributed by atoms with Crippen molar-refractivity contribution in [2.45, 2.75) is 19.4 Å². The van der Waals surface area contributed by atoms with Crippen LogP contribution in [0.5, 0.6) is 0 Å². The summed E-state index contributed by atoms with van der Waals surface area (Å²) < 4.78 is 0. The topological polar surface area (TPSA) is 42.0 Å². The van der Waals surface area contributed by atoms with E-state index in [9.17, 15) is 4.79 Å². The lowest BCUT2D eigenvalue weighted by Gasteiger charge is -2.14. The molecule has 3 rings (SSSR count). The molecule has 1 N–H and O–H groups in total. The molecule has 3 nitrogen and oxygen atoms in total. The van der Waals surface area contributed by atoms with Gasteiger partial charge in [-0.05, 0) is 36.1 Å². The van der Waals surface area contributed by atoms with Crippen molar-refractivity contribution in [3.8, 4) is 10.6 Å². The molecule has 1 atom stereocenters. The first kappa shape index (κ1) is 17.4. The van der Waals surface area contributed by atoms with Crippen molar-refractivity contribution in [1.29, 1.82) is 0 Å². The van der Waals surface area contributed by atoms with Crippen molar-refractivity contribution in [3.63, 3.8) is 0 Å². The number of carbonyl (C=O) groups excluding carboxylic acids is 1. The van der Waals surface area contributed by atoms with Gasteiger partial charge in [-0.3, -0.25) is 4.79 Å². The molecule has 1 amide bonds. The summed E-state index contributed by atoms with van der Waals surface area (Å²) >= 11 is 15.1. The lowest BCUT2D eigenvalue weighted by atomic mass is 10.1. The average molecular weight is 397 g/mol. The number of nitrogens with one attached hydrogen (secondary N) is 1. The second-order valence-corrected chi connectivity index (χ2v) is 7.75. The van der Waals surface area contributed by atoms with Crippen LogP contribution < -0.4 is 5.32 Å². The number of benzene rings is 1. The van der Waals surface area contributed by atoms with Crippen LogP contribution >= 0.6 is 45.9 Å². The third-order valence-corrected chi connectivity index (χ3v) is 5.85. The Labute approximate surface area is 158 Å². The Morgan fingerprint density at radius 2 is 2.08 bits per heavy atom. The molecular weight excluding hydrogens is 383 g/mol. The van der Waals surface area contributed by atoms with Crippen LogP contribution in [0.3, 0.4) is 0 Å². The molecule has 124 valence electrons. The molecule has 0 unspecified atom stereocenters. The zero-order chi connectivity index (χ0) is 17.1. The predicted molar refractivity (Wildman–Crippen MR) is 102 cm³/mol. The second kappa shape index (κ2) is 7.66. The van der Waals surface area contributed by atoms with Crippen LogP contribution in [0.25, 0.3) is 10.6 Å². The predicted octanol–water partition coefficient (Wildman–Crippen LogP) is 5.60. The molecule has 2 heterocycles. The third kappa shape index (κ3) is 4.16. The minimum atomic E-state index is -0.151. The summed E-state index contributed by atoms with van der Waals surface area (Å²) in [6, 6.07) is 7.24. The fourth-order valence-electron chi connectivity index (χ4n) is 2.23. The summed E-state index contributed by atoms with van der Waals surface area (Å²) in [6.45, 7) is 1.91. The van der Waals surface area contributed by atoms with Gasteiger partial charge in [-0.25, -0.2) is 4.98 Å². The number of halogens is 2. The van der Waals surface area contributed by atoms with E-state index < -0.39 is 0 Å². The van der Waals surface area contributed by atoms with Crippen LogP contribution in [-0.4, -0.2) is 10.9 Å². The monoisotopic (exact) mass is 396 g/mol. The molecule has 2 aromatic heterocycles. The molecule has 0 aliphatic rings.